The Morgan fingerprint density at radius 3 is 2.38 bits per heavy atom. The summed E-state index contributed by atoms with van der Waals surface area (Å²) in [4.78, 5) is 4.48. The van der Waals surface area contributed by atoms with E-state index < -0.39 is 0 Å². The van der Waals surface area contributed by atoms with Gasteiger partial charge in [-0.05, 0) is 36.0 Å². The first-order chi connectivity index (χ1) is 9.96. The van der Waals surface area contributed by atoms with Crippen LogP contribution in [0.3, 0.4) is 0 Å². The molecule has 112 valence electrons. The van der Waals surface area contributed by atoms with Crippen molar-refractivity contribution in [1.82, 2.24) is 10.3 Å². The number of nitrogens with one attached hydrogen (secondary N) is 1. The lowest BCUT2D eigenvalue weighted by Gasteiger charge is -2.27. The Morgan fingerprint density at radius 1 is 1.05 bits per heavy atom. The van der Waals surface area contributed by atoms with Gasteiger partial charge >= 0.3 is 0 Å². The predicted octanol–water partition coefficient (Wildman–Crippen LogP) is 4.66. The van der Waals surface area contributed by atoms with Gasteiger partial charge in [-0.1, -0.05) is 57.2 Å². The Hall–Kier alpha value is -1.67. The van der Waals surface area contributed by atoms with Crippen molar-refractivity contribution in [2.24, 2.45) is 5.41 Å². The van der Waals surface area contributed by atoms with Crippen LogP contribution in [0.25, 0.3) is 0 Å². The second-order valence-electron chi connectivity index (χ2n) is 6.88. The molecule has 1 heterocycles. The smallest absolute Gasteiger partial charge is 0.0570 e. The highest BCUT2D eigenvalue weighted by Crippen LogP contribution is 2.29. The molecule has 0 spiro atoms. The zero-order valence-corrected chi connectivity index (χ0v) is 13.6. The summed E-state index contributed by atoms with van der Waals surface area (Å²) in [6.07, 6.45) is 2.97. The first-order valence-corrected chi connectivity index (χ1v) is 7.64. The van der Waals surface area contributed by atoms with Gasteiger partial charge in [0.15, 0.2) is 0 Å². The number of aromatic nitrogens is 1. The van der Waals surface area contributed by atoms with Gasteiger partial charge in [-0.15, -0.1) is 0 Å². The van der Waals surface area contributed by atoms with E-state index in [1.54, 1.807) is 0 Å². The summed E-state index contributed by atoms with van der Waals surface area (Å²) in [5.41, 5.74) is 4.01. The SMILES string of the molecule is Cc1cccnc1CNC(CC(C)(C)C)c1ccccc1. The van der Waals surface area contributed by atoms with Crippen molar-refractivity contribution in [2.45, 2.75) is 46.7 Å². The molecular weight excluding hydrogens is 256 g/mol. The Balaban J connectivity index is 2.11. The molecule has 1 unspecified atom stereocenters. The molecule has 21 heavy (non-hydrogen) atoms. The standard InChI is InChI=1S/C19H26N2/c1-15-9-8-12-20-18(15)14-21-17(13-19(2,3)4)16-10-6-5-7-11-16/h5-12,17,21H,13-14H2,1-4H3. The summed E-state index contributed by atoms with van der Waals surface area (Å²) in [6, 6.07) is 15.2. The number of pyridine rings is 1. The highest BCUT2D eigenvalue weighted by Gasteiger charge is 2.20. The number of hydrogen-bond acceptors (Lipinski definition) is 2. The van der Waals surface area contributed by atoms with Gasteiger partial charge in [0, 0.05) is 18.8 Å². The molecule has 0 aliphatic carbocycles. The van der Waals surface area contributed by atoms with Gasteiger partial charge in [-0.3, -0.25) is 4.98 Å². The van der Waals surface area contributed by atoms with Gasteiger partial charge in [0.2, 0.25) is 0 Å². The molecule has 2 rings (SSSR count). The molecule has 1 aromatic heterocycles. The van der Waals surface area contributed by atoms with Crippen molar-refractivity contribution in [3.63, 3.8) is 0 Å². The molecule has 0 amide bonds. The quantitative estimate of drug-likeness (QED) is 0.863. The topological polar surface area (TPSA) is 24.9 Å². The van der Waals surface area contributed by atoms with E-state index in [1.807, 2.05) is 12.3 Å². The maximum atomic E-state index is 4.48. The van der Waals surface area contributed by atoms with E-state index in [-0.39, 0.29) is 5.41 Å². The summed E-state index contributed by atoms with van der Waals surface area (Å²) in [6.45, 7) is 9.79. The summed E-state index contributed by atoms with van der Waals surface area (Å²) < 4.78 is 0. The number of rotatable bonds is 5. The minimum atomic E-state index is 0.284. The van der Waals surface area contributed by atoms with Crippen molar-refractivity contribution >= 4 is 0 Å². The van der Waals surface area contributed by atoms with E-state index in [4.69, 9.17) is 0 Å². The number of aryl methyl sites for hydroxylation is 1. The fourth-order valence-corrected chi connectivity index (χ4v) is 2.53. The van der Waals surface area contributed by atoms with Crippen LogP contribution in [-0.2, 0) is 6.54 Å². The highest BCUT2D eigenvalue weighted by atomic mass is 14.9. The molecule has 0 saturated heterocycles. The minimum absolute atomic E-state index is 0.284. The number of hydrogen-bond donors (Lipinski definition) is 1. The summed E-state index contributed by atoms with van der Waals surface area (Å²) in [5, 5.41) is 3.69. The normalized spacial score (nSPS) is 13.1. The zero-order chi connectivity index (χ0) is 15.3. The largest absolute Gasteiger partial charge is 0.304 e. The third-order valence-corrected chi connectivity index (χ3v) is 3.65. The van der Waals surface area contributed by atoms with Crippen LogP contribution in [0.1, 0.15) is 50.1 Å². The molecule has 0 fully saturated rings. The van der Waals surface area contributed by atoms with E-state index in [2.05, 4.69) is 74.4 Å². The maximum Gasteiger partial charge on any atom is 0.0570 e. The molecule has 0 bridgehead atoms. The molecule has 0 aliphatic rings. The third-order valence-electron chi connectivity index (χ3n) is 3.65. The average Bonchev–Trinajstić information content (AvgIpc) is 2.45. The molecule has 1 atom stereocenters. The van der Waals surface area contributed by atoms with Gasteiger partial charge in [0.25, 0.3) is 0 Å². The second kappa shape index (κ2) is 6.86. The third kappa shape index (κ3) is 4.98. The van der Waals surface area contributed by atoms with Crippen LogP contribution in [0.2, 0.25) is 0 Å². The Morgan fingerprint density at radius 2 is 1.76 bits per heavy atom. The molecule has 2 nitrogen and oxygen atoms in total. The van der Waals surface area contributed by atoms with Gasteiger partial charge in [0.1, 0.15) is 0 Å². The van der Waals surface area contributed by atoms with E-state index >= 15 is 0 Å². The van der Waals surface area contributed by atoms with Crippen molar-refractivity contribution in [2.75, 3.05) is 0 Å². The van der Waals surface area contributed by atoms with Crippen molar-refractivity contribution < 1.29 is 0 Å². The second-order valence-corrected chi connectivity index (χ2v) is 6.88. The fraction of sp³-hybridized carbons (Fsp3) is 0.421. The van der Waals surface area contributed by atoms with Crippen molar-refractivity contribution in [1.29, 1.82) is 0 Å². The van der Waals surface area contributed by atoms with Crippen LogP contribution in [0.5, 0.6) is 0 Å². The van der Waals surface area contributed by atoms with E-state index in [1.165, 1.54) is 11.1 Å². The molecule has 0 radical (unpaired) electrons. The maximum absolute atomic E-state index is 4.48. The van der Waals surface area contributed by atoms with Crippen LogP contribution in [0, 0.1) is 12.3 Å². The Kier molecular flexibility index (Phi) is 5.13. The van der Waals surface area contributed by atoms with Crippen LogP contribution < -0.4 is 5.32 Å². The predicted molar refractivity (Wildman–Crippen MR) is 89.1 cm³/mol. The lowest BCUT2D eigenvalue weighted by molar-refractivity contribution is 0.309. The lowest BCUT2D eigenvalue weighted by Crippen LogP contribution is -2.26. The average molecular weight is 282 g/mol. The summed E-state index contributed by atoms with van der Waals surface area (Å²) in [5.74, 6) is 0. The molecule has 1 aromatic carbocycles. The van der Waals surface area contributed by atoms with Crippen LogP contribution >= 0.6 is 0 Å². The van der Waals surface area contributed by atoms with Crippen LogP contribution in [-0.4, -0.2) is 4.98 Å². The number of benzene rings is 1. The van der Waals surface area contributed by atoms with Crippen LogP contribution in [0.15, 0.2) is 48.7 Å². The summed E-state index contributed by atoms with van der Waals surface area (Å²) >= 11 is 0. The first kappa shape index (κ1) is 15.7. The molecule has 2 aromatic rings. The molecule has 0 aliphatic heterocycles. The minimum Gasteiger partial charge on any atom is -0.304 e. The summed E-state index contributed by atoms with van der Waals surface area (Å²) in [7, 11) is 0. The number of nitrogens with zero attached hydrogens (tertiary/aromatic N) is 1. The zero-order valence-electron chi connectivity index (χ0n) is 13.6. The Labute approximate surface area is 128 Å². The molecular formula is C19H26N2. The van der Waals surface area contributed by atoms with Crippen molar-refractivity contribution in [3.8, 4) is 0 Å². The van der Waals surface area contributed by atoms with Gasteiger partial charge < -0.3 is 5.32 Å². The van der Waals surface area contributed by atoms with Crippen LogP contribution in [0.4, 0.5) is 0 Å². The van der Waals surface area contributed by atoms with E-state index in [0.717, 1.165) is 18.7 Å². The van der Waals surface area contributed by atoms with E-state index in [9.17, 15) is 0 Å². The fourth-order valence-electron chi connectivity index (χ4n) is 2.53. The molecule has 2 heteroatoms. The molecule has 1 N–H and O–H groups in total. The molecule has 0 saturated carbocycles. The van der Waals surface area contributed by atoms with Gasteiger partial charge in [-0.25, -0.2) is 0 Å². The van der Waals surface area contributed by atoms with Crippen molar-refractivity contribution in [3.05, 3.63) is 65.5 Å². The highest BCUT2D eigenvalue weighted by molar-refractivity contribution is 5.21. The lowest BCUT2D eigenvalue weighted by atomic mass is 9.85. The first-order valence-electron chi connectivity index (χ1n) is 7.64. The van der Waals surface area contributed by atoms with E-state index in [0.29, 0.717) is 6.04 Å². The Bertz CT molecular complexity index is 555. The van der Waals surface area contributed by atoms with Gasteiger partial charge in [-0.2, -0.15) is 0 Å². The van der Waals surface area contributed by atoms with Gasteiger partial charge in [0.05, 0.1) is 5.69 Å². The monoisotopic (exact) mass is 282 g/mol.